The highest BCUT2D eigenvalue weighted by Gasteiger charge is 2.48. The van der Waals surface area contributed by atoms with Gasteiger partial charge in [-0.3, -0.25) is 4.79 Å². The van der Waals surface area contributed by atoms with E-state index in [0.29, 0.717) is 6.42 Å². The molecule has 1 saturated heterocycles. The number of allylic oxidation sites excluding steroid dienone is 1. The molecule has 1 aromatic rings. The average molecular weight is 506 g/mol. The Bertz CT molecular complexity index is 936. The Labute approximate surface area is 214 Å². The summed E-state index contributed by atoms with van der Waals surface area (Å²) in [6.07, 6.45) is 5.63. The van der Waals surface area contributed by atoms with Crippen LogP contribution in [0.25, 0.3) is 6.08 Å². The Morgan fingerprint density at radius 3 is 2.60 bits per heavy atom. The quantitative estimate of drug-likeness (QED) is 0.409. The maximum atomic E-state index is 13.3. The maximum Gasteiger partial charge on any atom is 0.185 e. The lowest BCUT2D eigenvalue weighted by Crippen LogP contribution is -2.45. The predicted molar refractivity (Wildman–Crippen MR) is 140 cm³/mol. The molecule has 7 atom stereocenters. The van der Waals surface area contributed by atoms with Gasteiger partial charge in [-0.25, -0.2) is 4.98 Å². The van der Waals surface area contributed by atoms with Crippen LogP contribution in [-0.4, -0.2) is 51.7 Å². The van der Waals surface area contributed by atoms with Gasteiger partial charge < -0.3 is 19.7 Å². The molecule has 0 bridgehead atoms. The Morgan fingerprint density at radius 1 is 1.23 bits per heavy atom. The molecule has 0 radical (unpaired) electrons. The third-order valence-corrected chi connectivity index (χ3v) is 8.49. The van der Waals surface area contributed by atoms with Crippen LogP contribution in [0.15, 0.2) is 22.6 Å². The van der Waals surface area contributed by atoms with Gasteiger partial charge in [-0.05, 0) is 64.0 Å². The molecular formula is C28H43NO5S. The molecule has 1 aromatic heterocycles. The minimum absolute atomic E-state index is 0.00403. The third-order valence-electron chi connectivity index (χ3n) is 7.70. The Hall–Kier alpha value is -1.38. The van der Waals surface area contributed by atoms with Gasteiger partial charge in [-0.15, -0.1) is 11.3 Å². The average Bonchev–Trinajstić information content (AvgIpc) is 3.40. The van der Waals surface area contributed by atoms with Crippen LogP contribution in [-0.2, 0) is 14.3 Å². The first-order chi connectivity index (χ1) is 16.4. The van der Waals surface area contributed by atoms with Gasteiger partial charge >= 0.3 is 0 Å². The summed E-state index contributed by atoms with van der Waals surface area (Å²) >= 11 is 1.62. The highest BCUT2D eigenvalue weighted by Crippen LogP contribution is 2.38. The summed E-state index contributed by atoms with van der Waals surface area (Å²) in [5.41, 5.74) is 2.31. The van der Waals surface area contributed by atoms with Crippen molar-refractivity contribution in [2.24, 2.45) is 17.3 Å². The van der Waals surface area contributed by atoms with E-state index in [2.05, 4.69) is 31.0 Å². The van der Waals surface area contributed by atoms with Gasteiger partial charge in [-0.2, -0.15) is 0 Å². The van der Waals surface area contributed by atoms with Crippen LogP contribution in [0, 0.1) is 24.2 Å². The van der Waals surface area contributed by atoms with Gasteiger partial charge in [0, 0.05) is 23.1 Å². The number of aryl methyl sites for hydroxylation is 1. The molecule has 1 fully saturated rings. The number of rotatable bonds is 2. The van der Waals surface area contributed by atoms with Gasteiger partial charge in [0.15, 0.2) is 6.29 Å². The number of Topliss-reactive ketones (excluding diaryl/α,β-unsaturated/α-hetero) is 1. The zero-order chi connectivity index (χ0) is 25.9. The molecule has 2 aliphatic heterocycles. The summed E-state index contributed by atoms with van der Waals surface area (Å²) < 4.78 is 12.1. The number of aliphatic hydroxyl groups is 2. The SMILES string of the molecule is C/C1=C/CC(/C(C)=C/c2csc(C)n2)OC2OC2C[C@H](O)C(C)(C)C(=O)C(C)C(O)C(C)CCC1. The van der Waals surface area contributed by atoms with Crippen molar-refractivity contribution in [1.29, 1.82) is 0 Å². The molecule has 3 heterocycles. The van der Waals surface area contributed by atoms with Gasteiger partial charge in [0.25, 0.3) is 0 Å². The van der Waals surface area contributed by atoms with Gasteiger partial charge in [0.1, 0.15) is 11.9 Å². The lowest BCUT2D eigenvalue weighted by molar-refractivity contribution is -0.142. The molecule has 3 rings (SSSR count). The van der Waals surface area contributed by atoms with E-state index < -0.39 is 29.8 Å². The molecule has 0 amide bonds. The Kier molecular flexibility index (Phi) is 9.49. The third kappa shape index (κ3) is 7.32. The number of aliphatic hydroxyl groups excluding tert-OH is 2. The van der Waals surface area contributed by atoms with Gasteiger partial charge in [0.2, 0.25) is 0 Å². The summed E-state index contributed by atoms with van der Waals surface area (Å²) in [5, 5.41) is 24.9. The van der Waals surface area contributed by atoms with Crippen molar-refractivity contribution in [1.82, 2.24) is 4.98 Å². The molecule has 6 unspecified atom stereocenters. The second-order valence-electron chi connectivity index (χ2n) is 11.1. The van der Waals surface area contributed by atoms with Crippen molar-refractivity contribution in [3.63, 3.8) is 0 Å². The van der Waals surface area contributed by atoms with Gasteiger partial charge in [0.05, 0.1) is 29.0 Å². The zero-order valence-corrected chi connectivity index (χ0v) is 23.1. The first-order valence-corrected chi connectivity index (χ1v) is 13.8. The van der Waals surface area contributed by atoms with E-state index in [9.17, 15) is 15.0 Å². The Balaban J connectivity index is 1.81. The van der Waals surface area contributed by atoms with Crippen molar-refractivity contribution in [3.05, 3.63) is 33.3 Å². The minimum Gasteiger partial charge on any atom is -0.392 e. The molecule has 0 aliphatic carbocycles. The highest BCUT2D eigenvalue weighted by molar-refractivity contribution is 7.09. The summed E-state index contributed by atoms with van der Waals surface area (Å²) in [6, 6.07) is 0. The number of aromatic nitrogens is 1. The number of carbonyl (C=O) groups excluding carboxylic acids is 1. The molecule has 2 N–H and O–H groups in total. The van der Waals surface area contributed by atoms with Crippen LogP contribution in [0.5, 0.6) is 0 Å². The molecule has 7 heteroatoms. The molecule has 35 heavy (non-hydrogen) atoms. The van der Waals surface area contributed by atoms with E-state index in [1.165, 1.54) is 5.57 Å². The maximum absolute atomic E-state index is 13.3. The molecule has 6 nitrogen and oxygen atoms in total. The lowest BCUT2D eigenvalue weighted by Gasteiger charge is -2.34. The summed E-state index contributed by atoms with van der Waals surface area (Å²) in [6.45, 7) is 13.5. The monoisotopic (exact) mass is 505 g/mol. The second kappa shape index (κ2) is 11.8. The van der Waals surface area contributed by atoms with E-state index in [1.807, 2.05) is 19.2 Å². The van der Waals surface area contributed by atoms with Crippen molar-refractivity contribution < 1.29 is 24.5 Å². The normalized spacial score (nSPS) is 37.2. The number of epoxide rings is 1. The van der Waals surface area contributed by atoms with E-state index in [4.69, 9.17) is 9.47 Å². The molecule has 0 saturated carbocycles. The Morgan fingerprint density at radius 2 is 1.94 bits per heavy atom. The van der Waals surface area contributed by atoms with E-state index in [0.717, 1.165) is 42.0 Å². The summed E-state index contributed by atoms with van der Waals surface area (Å²) in [4.78, 5) is 17.8. The number of hydrogen-bond acceptors (Lipinski definition) is 7. The van der Waals surface area contributed by atoms with Crippen molar-refractivity contribution in [2.45, 2.75) is 111 Å². The lowest BCUT2D eigenvalue weighted by atomic mass is 9.72. The largest absolute Gasteiger partial charge is 0.392 e. The number of ether oxygens (including phenoxy) is 2. The minimum atomic E-state index is -0.986. The molecular weight excluding hydrogens is 462 g/mol. The van der Waals surface area contributed by atoms with E-state index in [1.54, 1.807) is 32.1 Å². The first kappa shape index (κ1) is 28.2. The fourth-order valence-electron chi connectivity index (χ4n) is 4.89. The van der Waals surface area contributed by atoms with Crippen LogP contribution >= 0.6 is 11.3 Å². The number of hydrogen-bond donors (Lipinski definition) is 2. The number of ketones is 1. The fraction of sp³-hybridized carbons (Fsp3) is 0.714. The topological polar surface area (TPSA) is 92.2 Å². The zero-order valence-electron chi connectivity index (χ0n) is 22.3. The van der Waals surface area contributed by atoms with Crippen LogP contribution in [0.2, 0.25) is 0 Å². The fourth-order valence-corrected chi connectivity index (χ4v) is 5.46. The van der Waals surface area contributed by atoms with Crippen molar-refractivity contribution in [2.75, 3.05) is 0 Å². The first-order valence-electron chi connectivity index (χ1n) is 12.9. The predicted octanol–water partition coefficient (Wildman–Crippen LogP) is 5.46. The molecule has 0 aromatic carbocycles. The van der Waals surface area contributed by atoms with E-state index in [-0.39, 0.29) is 23.9 Å². The van der Waals surface area contributed by atoms with Crippen molar-refractivity contribution in [3.8, 4) is 0 Å². The molecule has 196 valence electrons. The summed E-state index contributed by atoms with van der Waals surface area (Å²) in [5.74, 6) is -0.650. The van der Waals surface area contributed by atoms with Crippen LogP contribution < -0.4 is 0 Å². The van der Waals surface area contributed by atoms with Crippen LogP contribution in [0.4, 0.5) is 0 Å². The highest BCUT2D eigenvalue weighted by atomic mass is 32.1. The van der Waals surface area contributed by atoms with Crippen LogP contribution in [0.1, 0.15) is 84.3 Å². The van der Waals surface area contributed by atoms with Gasteiger partial charge in [-0.1, -0.05) is 39.3 Å². The van der Waals surface area contributed by atoms with Crippen molar-refractivity contribution >= 4 is 23.2 Å². The number of carbonyl (C=O) groups is 1. The smallest absolute Gasteiger partial charge is 0.185 e. The summed E-state index contributed by atoms with van der Waals surface area (Å²) in [7, 11) is 0. The second-order valence-corrected chi connectivity index (χ2v) is 12.2. The number of nitrogens with zero attached hydrogens (tertiary/aromatic N) is 1. The number of thiazole rings is 1. The number of fused-ring (bicyclic) bond motifs is 1. The van der Waals surface area contributed by atoms with Crippen LogP contribution in [0.3, 0.4) is 0 Å². The molecule has 2 aliphatic rings. The standard InChI is InChI=1S/C28H43NO5S/c1-16-9-8-10-17(2)25(31)19(4)26(32)28(6,7)24(30)14-23-27(34-23)33-22(12-11-16)18(3)13-21-15-35-20(5)29-21/h11,13,15,17,19,22-25,27,30-31H,8-10,12,14H2,1-7H3/b16-11-,18-13+/t17?,19?,22?,23?,24-,25?,27?/m0/s1. The van der Waals surface area contributed by atoms with E-state index >= 15 is 0 Å². The molecule has 0 spiro atoms.